The first-order valence-corrected chi connectivity index (χ1v) is 10.3. The first-order valence-electron chi connectivity index (χ1n) is 10.3. The SMILES string of the molecule is CC(C)(C)OC(=O)Nc1cc(-c2ccncc2NC(=O)OCc2ccccc2)nc(C(F)(F)F)n1. The second-order valence-electron chi connectivity index (χ2n) is 8.19. The Hall–Kier alpha value is -4.22. The van der Waals surface area contributed by atoms with E-state index in [9.17, 15) is 22.8 Å². The molecule has 0 fully saturated rings. The number of hydrogen-bond acceptors (Lipinski definition) is 7. The van der Waals surface area contributed by atoms with Crippen molar-refractivity contribution in [2.45, 2.75) is 39.2 Å². The monoisotopic (exact) mass is 489 g/mol. The van der Waals surface area contributed by atoms with Crippen LogP contribution in [-0.4, -0.2) is 32.7 Å². The lowest BCUT2D eigenvalue weighted by Crippen LogP contribution is -2.28. The molecule has 0 radical (unpaired) electrons. The minimum absolute atomic E-state index is 0.0159. The molecule has 2 amide bonds. The maximum absolute atomic E-state index is 13.5. The van der Waals surface area contributed by atoms with Gasteiger partial charge >= 0.3 is 18.4 Å². The molecular weight excluding hydrogens is 467 g/mol. The van der Waals surface area contributed by atoms with Gasteiger partial charge in [-0.05, 0) is 32.4 Å². The average Bonchev–Trinajstić information content (AvgIpc) is 2.76. The van der Waals surface area contributed by atoms with E-state index >= 15 is 0 Å². The lowest BCUT2D eigenvalue weighted by Gasteiger charge is -2.20. The molecule has 0 saturated heterocycles. The normalized spacial score (nSPS) is 11.5. The quantitative estimate of drug-likeness (QED) is 0.476. The van der Waals surface area contributed by atoms with E-state index in [4.69, 9.17) is 9.47 Å². The summed E-state index contributed by atoms with van der Waals surface area (Å²) in [4.78, 5) is 35.2. The van der Waals surface area contributed by atoms with Crippen LogP contribution in [0, 0.1) is 0 Å². The van der Waals surface area contributed by atoms with E-state index in [0.29, 0.717) is 0 Å². The van der Waals surface area contributed by atoms with E-state index in [-0.39, 0.29) is 23.6 Å². The standard InChI is InChI=1S/C23H22F3N5O4/c1-22(2,3)35-21(33)31-18-11-16(28-19(30-18)23(24,25)26)15-9-10-27-12-17(15)29-20(32)34-13-14-7-5-4-6-8-14/h4-12H,13H2,1-3H3,(H,29,32)(H,28,30,31,33). The van der Waals surface area contributed by atoms with Gasteiger partial charge in [-0.25, -0.2) is 19.6 Å². The topological polar surface area (TPSA) is 115 Å². The van der Waals surface area contributed by atoms with Gasteiger partial charge in [0, 0.05) is 17.8 Å². The highest BCUT2D eigenvalue weighted by Gasteiger charge is 2.36. The summed E-state index contributed by atoms with van der Waals surface area (Å²) in [5.74, 6) is -1.93. The predicted molar refractivity (Wildman–Crippen MR) is 120 cm³/mol. The maximum Gasteiger partial charge on any atom is 0.451 e. The van der Waals surface area contributed by atoms with Crippen LogP contribution in [0.2, 0.25) is 0 Å². The van der Waals surface area contributed by atoms with E-state index < -0.39 is 35.6 Å². The summed E-state index contributed by atoms with van der Waals surface area (Å²) in [6.45, 7) is 4.79. The third kappa shape index (κ3) is 7.66. The number of anilines is 2. The Balaban J connectivity index is 1.88. The Bertz CT molecular complexity index is 1200. The molecule has 0 saturated carbocycles. The summed E-state index contributed by atoms with van der Waals surface area (Å²) >= 11 is 0. The molecule has 184 valence electrons. The van der Waals surface area contributed by atoms with E-state index in [1.807, 2.05) is 6.07 Å². The van der Waals surface area contributed by atoms with Gasteiger partial charge in [0.25, 0.3) is 0 Å². The van der Waals surface area contributed by atoms with Crippen LogP contribution in [-0.2, 0) is 22.3 Å². The number of aromatic nitrogens is 3. The molecule has 0 aliphatic rings. The van der Waals surface area contributed by atoms with E-state index in [1.165, 1.54) is 18.5 Å². The van der Waals surface area contributed by atoms with Gasteiger partial charge in [0.1, 0.15) is 18.0 Å². The molecule has 0 unspecified atom stereocenters. The third-order valence-electron chi connectivity index (χ3n) is 4.16. The minimum atomic E-state index is -4.91. The van der Waals surface area contributed by atoms with Crippen LogP contribution in [0.3, 0.4) is 0 Å². The summed E-state index contributed by atoms with van der Waals surface area (Å²) in [5.41, 5.74) is -0.219. The van der Waals surface area contributed by atoms with E-state index in [1.54, 1.807) is 45.0 Å². The number of benzene rings is 1. The van der Waals surface area contributed by atoms with Crippen LogP contribution in [0.15, 0.2) is 54.9 Å². The van der Waals surface area contributed by atoms with Crippen molar-refractivity contribution in [2.24, 2.45) is 0 Å². The van der Waals surface area contributed by atoms with Crippen LogP contribution >= 0.6 is 0 Å². The Morgan fingerprint density at radius 3 is 2.34 bits per heavy atom. The number of hydrogen-bond donors (Lipinski definition) is 2. The Labute approximate surface area is 198 Å². The number of alkyl halides is 3. The second-order valence-corrected chi connectivity index (χ2v) is 8.19. The van der Waals surface area contributed by atoms with Crippen molar-refractivity contribution in [3.05, 3.63) is 66.2 Å². The fourth-order valence-electron chi connectivity index (χ4n) is 2.77. The number of carbonyl (C=O) groups is 2. The zero-order valence-electron chi connectivity index (χ0n) is 19.0. The lowest BCUT2D eigenvalue weighted by molar-refractivity contribution is -0.144. The number of amides is 2. The Morgan fingerprint density at radius 2 is 1.69 bits per heavy atom. The number of ether oxygens (including phenoxy) is 2. The minimum Gasteiger partial charge on any atom is -0.444 e. The molecule has 2 aromatic heterocycles. The molecule has 0 atom stereocenters. The summed E-state index contributed by atoms with van der Waals surface area (Å²) in [6, 6.07) is 11.4. The number of carbonyl (C=O) groups excluding carboxylic acids is 2. The van der Waals surface area contributed by atoms with Gasteiger partial charge in [0.2, 0.25) is 5.82 Å². The van der Waals surface area contributed by atoms with Gasteiger partial charge in [-0.15, -0.1) is 0 Å². The van der Waals surface area contributed by atoms with Crippen LogP contribution in [0.1, 0.15) is 32.2 Å². The van der Waals surface area contributed by atoms with Gasteiger partial charge < -0.3 is 9.47 Å². The van der Waals surface area contributed by atoms with Gasteiger partial charge in [-0.2, -0.15) is 13.2 Å². The molecule has 3 rings (SSSR count). The first kappa shape index (κ1) is 25.4. The Kier molecular flexibility index (Phi) is 7.52. The molecule has 12 heteroatoms. The maximum atomic E-state index is 13.5. The molecule has 0 spiro atoms. The fourth-order valence-corrected chi connectivity index (χ4v) is 2.77. The van der Waals surface area contributed by atoms with Crippen molar-refractivity contribution in [1.29, 1.82) is 0 Å². The highest BCUT2D eigenvalue weighted by molar-refractivity contribution is 5.91. The highest BCUT2D eigenvalue weighted by atomic mass is 19.4. The van der Waals surface area contributed by atoms with Crippen LogP contribution in [0.25, 0.3) is 11.3 Å². The van der Waals surface area contributed by atoms with Crippen molar-refractivity contribution in [1.82, 2.24) is 15.0 Å². The summed E-state index contributed by atoms with van der Waals surface area (Å²) in [7, 11) is 0. The van der Waals surface area contributed by atoms with Crippen molar-refractivity contribution in [3.8, 4) is 11.3 Å². The smallest absolute Gasteiger partial charge is 0.444 e. The Morgan fingerprint density at radius 1 is 0.971 bits per heavy atom. The summed E-state index contributed by atoms with van der Waals surface area (Å²) < 4.78 is 50.7. The third-order valence-corrected chi connectivity index (χ3v) is 4.16. The first-order chi connectivity index (χ1) is 16.4. The van der Waals surface area contributed by atoms with Crippen molar-refractivity contribution >= 4 is 23.7 Å². The summed E-state index contributed by atoms with van der Waals surface area (Å²) in [5, 5.41) is 4.63. The van der Waals surface area contributed by atoms with Crippen molar-refractivity contribution < 1.29 is 32.2 Å². The number of pyridine rings is 1. The molecule has 3 aromatic rings. The number of nitrogens with zero attached hydrogens (tertiary/aromatic N) is 3. The molecule has 35 heavy (non-hydrogen) atoms. The predicted octanol–water partition coefficient (Wildman–Crippen LogP) is 5.65. The second kappa shape index (κ2) is 10.4. The van der Waals surface area contributed by atoms with E-state index in [2.05, 4.69) is 25.6 Å². The van der Waals surface area contributed by atoms with Crippen molar-refractivity contribution in [3.63, 3.8) is 0 Å². The molecule has 1 aromatic carbocycles. The molecule has 2 N–H and O–H groups in total. The molecular formula is C23H22F3N5O4. The van der Waals surface area contributed by atoms with Crippen LogP contribution < -0.4 is 10.6 Å². The van der Waals surface area contributed by atoms with Gasteiger partial charge in [0.05, 0.1) is 17.6 Å². The lowest BCUT2D eigenvalue weighted by atomic mass is 10.1. The zero-order chi connectivity index (χ0) is 25.6. The number of halogens is 3. The zero-order valence-corrected chi connectivity index (χ0v) is 19.0. The molecule has 0 aliphatic heterocycles. The average molecular weight is 489 g/mol. The van der Waals surface area contributed by atoms with Gasteiger partial charge in [0.15, 0.2) is 0 Å². The number of rotatable bonds is 5. The van der Waals surface area contributed by atoms with Crippen molar-refractivity contribution in [2.75, 3.05) is 10.6 Å². The molecule has 9 nitrogen and oxygen atoms in total. The number of nitrogens with one attached hydrogen (secondary N) is 2. The van der Waals surface area contributed by atoms with Gasteiger partial charge in [-0.1, -0.05) is 30.3 Å². The molecule has 0 bridgehead atoms. The molecule has 2 heterocycles. The van der Waals surface area contributed by atoms with Crippen LogP contribution in [0.5, 0.6) is 0 Å². The van der Waals surface area contributed by atoms with Crippen LogP contribution in [0.4, 0.5) is 34.3 Å². The fraction of sp³-hybridized carbons (Fsp3) is 0.261. The molecule has 0 aliphatic carbocycles. The van der Waals surface area contributed by atoms with E-state index in [0.717, 1.165) is 11.6 Å². The summed E-state index contributed by atoms with van der Waals surface area (Å²) in [6.07, 6.45) is -4.20. The highest BCUT2D eigenvalue weighted by Crippen LogP contribution is 2.32. The van der Waals surface area contributed by atoms with Gasteiger partial charge in [-0.3, -0.25) is 15.6 Å². The largest absolute Gasteiger partial charge is 0.451 e.